The molecule has 4 heteroatoms. The van der Waals surface area contributed by atoms with E-state index in [1.807, 2.05) is 12.1 Å². The number of rotatable bonds is 2. The molecular formula is C12H19N3O. The van der Waals surface area contributed by atoms with E-state index < -0.39 is 0 Å². The summed E-state index contributed by atoms with van der Waals surface area (Å²) in [5.74, 6) is 0.945. The molecule has 0 saturated carbocycles. The van der Waals surface area contributed by atoms with Gasteiger partial charge in [-0.3, -0.25) is 0 Å². The Morgan fingerprint density at radius 1 is 1.31 bits per heavy atom. The maximum absolute atomic E-state index is 9.29. The third kappa shape index (κ3) is 2.51. The lowest BCUT2D eigenvalue weighted by atomic mass is 10.2. The first kappa shape index (κ1) is 11.4. The molecule has 1 fully saturated rings. The van der Waals surface area contributed by atoms with Crippen LogP contribution in [0.2, 0.25) is 0 Å². The second-order valence-electron chi connectivity index (χ2n) is 4.29. The molecule has 2 heterocycles. The minimum atomic E-state index is 0.0650. The van der Waals surface area contributed by atoms with Gasteiger partial charge in [0, 0.05) is 31.4 Å². The molecule has 0 aliphatic carbocycles. The molecule has 0 amide bonds. The van der Waals surface area contributed by atoms with E-state index in [2.05, 4.69) is 21.8 Å². The fraction of sp³-hybridized carbons (Fsp3) is 0.583. The molecule has 0 spiro atoms. The Labute approximate surface area is 96.5 Å². The highest BCUT2D eigenvalue weighted by Crippen LogP contribution is 2.18. The Kier molecular flexibility index (Phi) is 3.74. The van der Waals surface area contributed by atoms with E-state index in [1.54, 1.807) is 6.20 Å². The van der Waals surface area contributed by atoms with Crippen molar-refractivity contribution in [2.24, 2.45) is 0 Å². The molecule has 0 unspecified atom stereocenters. The van der Waals surface area contributed by atoms with Crippen molar-refractivity contribution in [1.82, 2.24) is 9.88 Å². The Morgan fingerprint density at radius 3 is 3.00 bits per heavy atom. The van der Waals surface area contributed by atoms with E-state index in [0.29, 0.717) is 0 Å². The van der Waals surface area contributed by atoms with Crippen LogP contribution in [0.3, 0.4) is 0 Å². The van der Waals surface area contributed by atoms with Gasteiger partial charge in [-0.1, -0.05) is 6.07 Å². The molecule has 4 nitrogen and oxygen atoms in total. The van der Waals surface area contributed by atoms with Crippen LogP contribution in [-0.2, 0) is 6.61 Å². The topological polar surface area (TPSA) is 39.6 Å². The van der Waals surface area contributed by atoms with Gasteiger partial charge in [-0.2, -0.15) is 0 Å². The highest BCUT2D eigenvalue weighted by atomic mass is 16.3. The van der Waals surface area contributed by atoms with Crippen molar-refractivity contribution >= 4 is 5.82 Å². The minimum Gasteiger partial charge on any atom is -0.392 e. The molecule has 0 radical (unpaired) electrons. The summed E-state index contributed by atoms with van der Waals surface area (Å²) in [5, 5.41) is 9.29. The Morgan fingerprint density at radius 2 is 2.19 bits per heavy atom. The summed E-state index contributed by atoms with van der Waals surface area (Å²) in [7, 11) is 2.15. The maximum Gasteiger partial charge on any atom is 0.134 e. The lowest BCUT2D eigenvalue weighted by Crippen LogP contribution is -2.30. The summed E-state index contributed by atoms with van der Waals surface area (Å²) in [4.78, 5) is 9.00. The zero-order chi connectivity index (χ0) is 11.4. The first-order chi connectivity index (χ1) is 7.81. The molecule has 0 atom stereocenters. The largest absolute Gasteiger partial charge is 0.392 e. The second-order valence-corrected chi connectivity index (χ2v) is 4.29. The number of hydrogen-bond acceptors (Lipinski definition) is 4. The van der Waals surface area contributed by atoms with Gasteiger partial charge in [0.25, 0.3) is 0 Å². The van der Waals surface area contributed by atoms with Gasteiger partial charge in [-0.05, 0) is 26.1 Å². The molecule has 0 bridgehead atoms. The number of aromatic nitrogens is 1. The van der Waals surface area contributed by atoms with E-state index in [9.17, 15) is 5.11 Å². The molecule has 16 heavy (non-hydrogen) atoms. The molecule has 1 N–H and O–H groups in total. The van der Waals surface area contributed by atoms with Crippen molar-refractivity contribution in [3.8, 4) is 0 Å². The zero-order valence-corrected chi connectivity index (χ0v) is 9.76. The molecule has 2 rings (SSSR count). The smallest absolute Gasteiger partial charge is 0.134 e. The van der Waals surface area contributed by atoms with Gasteiger partial charge < -0.3 is 14.9 Å². The fourth-order valence-corrected chi connectivity index (χ4v) is 2.10. The van der Waals surface area contributed by atoms with Crippen LogP contribution < -0.4 is 4.90 Å². The maximum atomic E-state index is 9.29. The summed E-state index contributed by atoms with van der Waals surface area (Å²) < 4.78 is 0. The number of pyridine rings is 1. The van der Waals surface area contributed by atoms with Crippen molar-refractivity contribution in [2.45, 2.75) is 13.0 Å². The van der Waals surface area contributed by atoms with E-state index in [0.717, 1.165) is 44.0 Å². The number of likely N-dealkylation sites (N-methyl/N-ethyl adjacent to an activating group) is 1. The van der Waals surface area contributed by atoms with Gasteiger partial charge in [0.2, 0.25) is 0 Å². The number of hydrogen-bond donors (Lipinski definition) is 1. The molecular weight excluding hydrogens is 202 g/mol. The normalized spacial score (nSPS) is 18.5. The van der Waals surface area contributed by atoms with Crippen molar-refractivity contribution in [3.63, 3.8) is 0 Å². The van der Waals surface area contributed by atoms with Crippen molar-refractivity contribution < 1.29 is 5.11 Å². The van der Waals surface area contributed by atoms with E-state index in [1.165, 1.54) is 0 Å². The first-order valence-corrected chi connectivity index (χ1v) is 5.79. The summed E-state index contributed by atoms with van der Waals surface area (Å²) in [6.45, 7) is 4.27. The Bertz CT molecular complexity index is 343. The minimum absolute atomic E-state index is 0.0650. The van der Waals surface area contributed by atoms with Crippen LogP contribution in [0.1, 0.15) is 12.0 Å². The number of nitrogens with zero attached hydrogens (tertiary/aromatic N) is 3. The standard InChI is InChI=1S/C12H19N3O/c1-14-6-3-7-15(9-8-14)12-11(10-16)4-2-5-13-12/h2,4-5,16H,3,6-10H2,1H3. The highest BCUT2D eigenvalue weighted by Gasteiger charge is 2.15. The molecule has 1 saturated heterocycles. The third-order valence-electron chi connectivity index (χ3n) is 3.06. The Balaban J connectivity index is 2.16. The lowest BCUT2D eigenvalue weighted by Gasteiger charge is -2.23. The molecule has 1 aliphatic rings. The first-order valence-electron chi connectivity index (χ1n) is 5.79. The fourth-order valence-electron chi connectivity index (χ4n) is 2.10. The second kappa shape index (κ2) is 5.27. The van der Waals surface area contributed by atoms with Gasteiger partial charge in [0.1, 0.15) is 5.82 Å². The van der Waals surface area contributed by atoms with Crippen LogP contribution in [-0.4, -0.2) is 48.2 Å². The van der Waals surface area contributed by atoms with Crippen LogP contribution in [0.4, 0.5) is 5.82 Å². The van der Waals surface area contributed by atoms with Gasteiger partial charge >= 0.3 is 0 Å². The average Bonchev–Trinajstić information content (AvgIpc) is 2.54. The van der Waals surface area contributed by atoms with E-state index >= 15 is 0 Å². The van der Waals surface area contributed by atoms with Crippen LogP contribution >= 0.6 is 0 Å². The van der Waals surface area contributed by atoms with Gasteiger partial charge in [-0.15, -0.1) is 0 Å². The van der Waals surface area contributed by atoms with E-state index in [-0.39, 0.29) is 6.61 Å². The van der Waals surface area contributed by atoms with Gasteiger partial charge in [0.15, 0.2) is 0 Å². The zero-order valence-electron chi connectivity index (χ0n) is 9.76. The molecule has 1 aliphatic heterocycles. The quantitative estimate of drug-likeness (QED) is 0.798. The summed E-state index contributed by atoms with van der Waals surface area (Å²) in [6.07, 6.45) is 2.95. The average molecular weight is 221 g/mol. The van der Waals surface area contributed by atoms with Gasteiger partial charge in [-0.25, -0.2) is 4.98 Å². The molecule has 1 aromatic heterocycles. The third-order valence-corrected chi connectivity index (χ3v) is 3.06. The molecule has 0 aromatic carbocycles. The SMILES string of the molecule is CN1CCCN(c2ncccc2CO)CC1. The number of aliphatic hydroxyl groups is 1. The van der Waals surface area contributed by atoms with Crippen LogP contribution in [0.25, 0.3) is 0 Å². The van der Waals surface area contributed by atoms with Crippen LogP contribution in [0.15, 0.2) is 18.3 Å². The van der Waals surface area contributed by atoms with E-state index in [4.69, 9.17) is 0 Å². The summed E-state index contributed by atoms with van der Waals surface area (Å²) >= 11 is 0. The monoisotopic (exact) mass is 221 g/mol. The Hall–Kier alpha value is -1.13. The molecule has 1 aromatic rings. The van der Waals surface area contributed by atoms with Crippen molar-refractivity contribution in [2.75, 3.05) is 38.1 Å². The lowest BCUT2D eigenvalue weighted by molar-refractivity contribution is 0.281. The predicted molar refractivity (Wildman–Crippen MR) is 64.5 cm³/mol. The highest BCUT2D eigenvalue weighted by molar-refractivity contribution is 5.46. The van der Waals surface area contributed by atoms with Crippen molar-refractivity contribution in [1.29, 1.82) is 0 Å². The molecule has 88 valence electrons. The summed E-state index contributed by atoms with van der Waals surface area (Å²) in [6, 6.07) is 3.82. The van der Waals surface area contributed by atoms with Crippen molar-refractivity contribution in [3.05, 3.63) is 23.9 Å². The van der Waals surface area contributed by atoms with Crippen LogP contribution in [0.5, 0.6) is 0 Å². The number of aliphatic hydroxyl groups excluding tert-OH is 1. The summed E-state index contributed by atoms with van der Waals surface area (Å²) in [5.41, 5.74) is 0.923. The van der Waals surface area contributed by atoms with Gasteiger partial charge in [0.05, 0.1) is 6.61 Å². The van der Waals surface area contributed by atoms with Crippen LogP contribution in [0, 0.1) is 0 Å². The predicted octanol–water partition coefficient (Wildman–Crippen LogP) is 0.716. The number of anilines is 1.